The minimum Gasteiger partial charge on any atom is -0.352 e. The van der Waals surface area contributed by atoms with Crippen LogP contribution in [0, 0.1) is 0 Å². The molecule has 0 aliphatic carbocycles. The van der Waals surface area contributed by atoms with Gasteiger partial charge in [0, 0.05) is 45.6 Å². The van der Waals surface area contributed by atoms with Gasteiger partial charge in [-0.25, -0.2) is 4.98 Å². The molecule has 4 rings (SSSR count). The lowest BCUT2D eigenvalue weighted by Gasteiger charge is -2.31. The standard InChI is InChI=1S/C25H29N5/c1-26-25(30-14-11-22(12-15-30)17-21-5-3-2-4-6-21)28-18-23-7-9-24(10-8-23)19-29-16-13-27-20-29/h2-10,13,16-17,20H,11-12,14-15,18-19H2,1H3,(H,26,28). The van der Waals surface area contributed by atoms with Crippen LogP contribution in [-0.4, -0.2) is 40.5 Å². The molecule has 1 saturated heterocycles. The number of aliphatic imine (C=N–C) groups is 1. The second-order valence-electron chi connectivity index (χ2n) is 7.65. The molecule has 0 radical (unpaired) electrons. The maximum absolute atomic E-state index is 4.51. The van der Waals surface area contributed by atoms with Crippen molar-refractivity contribution in [2.75, 3.05) is 20.1 Å². The van der Waals surface area contributed by atoms with Crippen LogP contribution in [0.4, 0.5) is 0 Å². The first-order valence-corrected chi connectivity index (χ1v) is 10.5. The minimum absolute atomic E-state index is 0.779. The number of aromatic nitrogens is 2. The Kier molecular flexibility index (Phi) is 6.60. The maximum Gasteiger partial charge on any atom is 0.193 e. The number of likely N-dealkylation sites (tertiary alicyclic amines) is 1. The molecule has 30 heavy (non-hydrogen) atoms. The lowest BCUT2D eigenvalue weighted by Crippen LogP contribution is -2.44. The number of guanidine groups is 1. The normalized spacial score (nSPS) is 14.6. The summed E-state index contributed by atoms with van der Waals surface area (Å²) in [6.45, 7) is 3.63. The van der Waals surface area contributed by atoms with Crippen molar-refractivity contribution in [3.05, 3.63) is 95.6 Å². The van der Waals surface area contributed by atoms with Crippen LogP contribution in [0.15, 0.2) is 83.9 Å². The summed E-state index contributed by atoms with van der Waals surface area (Å²) in [7, 11) is 1.87. The molecule has 0 spiro atoms. The monoisotopic (exact) mass is 399 g/mol. The number of piperidine rings is 1. The molecule has 1 N–H and O–H groups in total. The van der Waals surface area contributed by atoms with Gasteiger partial charge in [0.25, 0.3) is 0 Å². The highest BCUT2D eigenvalue weighted by molar-refractivity contribution is 5.80. The van der Waals surface area contributed by atoms with Crippen LogP contribution in [0.3, 0.4) is 0 Å². The van der Waals surface area contributed by atoms with Crippen molar-refractivity contribution in [3.63, 3.8) is 0 Å². The topological polar surface area (TPSA) is 45.5 Å². The molecule has 0 unspecified atom stereocenters. The number of hydrogen-bond donors (Lipinski definition) is 1. The molecule has 154 valence electrons. The Balaban J connectivity index is 1.27. The highest BCUT2D eigenvalue weighted by atomic mass is 15.3. The van der Waals surface area contributed by atoms with E-state index in [2.05, 4.69) is 85.4 Å². The molecule has 2 aromatic carbocycles. The fourth-order valence-electron chi connectivity index (χ4n) is 3.80. The smallest absolute Gasteiger partial charge is 0.193 e. The fraction of sp³-hybridized carbons (Fsp3) is 0.280. The van der Waals surface area contributed by atoms with E-state index < -0.39 is 0 Å². The van der Waals surface area contributed by atoms with Gasteiger partial charge in [-0.05, 0) is 29.5 Å². The summed E-state index contributed by atoms with van der Waals surface area (Å²) >= 11 is 0. The lowest BCUT2D eigenvalue weighted by atomic mass is 10.0. The summed E-state index contributed by atoms with van der Waals surface area (Å²) in [4.78, 5) is 11.0. The van der Waals surface area contributed by atoms with E-state index in [1.807, 2.05) is 25.8 Å². The van der Waals surface area contributed by atoms with Crippen LogP contribution < -0.4 is 5.32 Å². The van der Waals surface area contributed by atoms with E-state index in [0.29, 0.717) is 0 Å². The Hall–Kier alpha value is -3.34. The number of benzene rings is 2. The van der Waals surface area contributed by atoms with E-state index in [9.17, 15) is 0 Å². The zero-order valence-corrected chi connectivity index (χ0v) is 17.5. The Labute approximate surface area is 178 Å². The molecular weight excluding hydrogens is 370 g/mol. The SMILES string of the molecule is CN=C(NCc1ccc(Cn2ccnc2)cc1)N1CCC(=Cc2ccccc2)CC1. The molecule has 5 heteroatoms. The fourth-order valence-corrected chi connectivity index (χ4v) is 3.80. The van der Waals surface area contributed by atoms with Gasteiger partial charge < -0.3 is 14.8 Å². The number of nitrogens with zero attached hydrogens (tertiary/aromatic N) is 4. The van der Waals surface area contributed by atoms with E-state index in [4.69, 9.17) is 0 Å². The van der Waals surface area contributed by atoms with Crippen molar-refractivity contribution in [3.8, 4) is 0 Å². The van der Waals surface area contributed by atoms with E-state index in [-0.39, 0.29) is 0 Å². The molecule has 5 nitrogen and oxygen atoms in total. The third-order valence-corrected chi connectivity index (χ3v) is 5.49. The minimum atomic E-state index is 0.779. The van der Waals surface area contributed by atoms with E-state index >= 15 is 0 Å². The molecule has 0 amide bonds. The predicted molar refractivity (Wildman–Crippen MR) is 123 cm³/mol. The molecule has 1 fully saturated rings. The van der Waals surface area contributed by atoms with Gasteiger partial charge in [0.15, 0.2) is 5.96 Å². The molecular formula is C25H29N5. The van der Waals surface area contributed by atoms with Crippen molar-refractivity contribution in [1.29, 1.82) is 0 Å². The van der Waals surface area contributed by atoms with Crippen LogP contribution >= 0.6 is 0 Å². The highest BCUT2D eigenvalue weighted by Gasteiger charge is 2.17. The van der Waals surface area contributed by atoms with Crippen LogP contribution in [0.2, 0.25) is 0 Å². The van der Waals surface area contributed by atoms with Crippen LogP contribution in [0.5, 0.6) is 0 Å². The third kappa shape index (κ3) is 5.38. The number of imidazole rings is 1. The van der Waals surface area contributed by atoms with Crippen LogP contribution in [0.25, 0.3) is 6.08 Å². The quantitative estimate of drug-likeness (QED) is 0.517. The Morgan fingerprint density at radius 1 is 1.03 bits per heavy atom. The second-order valence-corrected chi connectivity index (χ2v) is 7.65. The van der Waals surface area contributed by atoms with Crippen molar-refractivity contribution >= 4 is 12.0 Å². The molecule has 1 aliphatic heterocycles. The summed E-state index contributed by atoms with van der Waals surface area (Å²) < 4.78 is 2.08. The molecule has 1 aromatic heterocycles. The molecule has 1 aliphatic rings. The lowest BCUT2D eigenvalue weighted by molar-refractivity contribution is 0.375. The molecule has 0 bridgehead atoms. The number of hydrogen-bond acceptors (Lipinski definition) is 2. The number of rotatable bonds is 5. The van der Waals surface area contributed by atoms with Crippen molar-refractivity contribution < 1.29 is 0 Å². The van der Waals surface area contributed by atoms with Crippen LogP contribution in [0.1, 0.15) is 29.5 Å². The van der Waals surface area contributed by atoms with Gasteiger partial charge >= 0.3 is 0 Å². The third-order valence-electron chi connectivity index (χ3n) is 5.49. The first-order chi connectivity index (χ1) is 14.8. The van der Waals surface area contributed by atoms with Gasteiger partial charge in [-0.15, -0.1) is 0 Å². The Morgan fingerprint density at radius 2 is 1.77 bits per heavy atom. The summed E-state index contributed by atoms with van der Waals surface area (Å²) in [5, 5.41) is 3.53. The summed E-state index contributed by atoms with van der Waals surface area (Å²) in [6.07, 6.45) is 10.1. The molecule has 0 saturated carbocycles. The van der Waals surface area contributed by atoms with Crippen molar-refractivity contribution in [2.45, 2.75) is 25.9 Å². The second kappa shape index (κ2) is 9.92. The van der Waals surface area contributed by atoms with E-state index in [1.54, 1.807) is 0 Å². The summed E-state index contributed by atoms with van der Waals surface area (Å²) in [5.74, 6) is 0.983. The summed E-state index contributed by atoms with van der Waals surface area (Å²) in [6, 6.07) is 19.3. The Morgan fingerprint density at radius 3 is 2.43 bits per heavy atom. The number of nitrogens with one attached hydrogen (secondary N) is 1. The zero-order valence-electron chi connectivity index (χ0n) is 17.5. The molecule has 0 atom stereocenters. The van der Waals surface area contributed by atoms with Gasteiger partial charge in [-0.1, -0.05) is 66.2 Å². The van der Waals surface area contributed by atoms with Gasteiger partial charge in [-0.2, -0.15) is 0 Å². The zero-order chi connectivity index (χ0) is 20.6. The van der Waals surface area contributed by atoms with Crippen molar-refractivity contribution in [2.24, 2.45) is 4.99 Å². The first-order valence-electron chi connectivity index (χ1n) is 10.5. The van der Waals surface area contributed by atoms with Gasteiger partial charge in [0.1, 0.15) is 0 Å². The van der Waals surface area contributed by atoms with Crippen LogP contribution in [-0.2, 0) is 13.1 Å². The van der Waals surface area contributed by atoms with Gasteiger partial charge in [-0.3, -0.25) is 4.99 Å². The van der Waals surface area contributed by atoms with E-state index in [1.165, 1.54) is 22.3 Å². The average Bonchev–Trinajstić information content (AvgIpc) is 3.30. The van der Waals surface area contributed by atoms with Gasteiger partial charge in [0.2, 0.25) is 0 Å². The first kappa shape index (κ1) is 20.0. The summed E-state index contributed by atoms with van der Waals surface area (Å²) in [5.41, 5.74) is 5.34. The Bertz CT molecular complexity index is 962. The largest absolute Gasteiger partial charge is 0.352 e. The highest BCUT2D eigenvalue weighted by Crippen LogP contribution is 2.19. The van der Waals surface area contributed by atoms with Crippen molar-refractivity contribution in [1.82, 2.24) is 19.8 Å². The molecule has 3 aromatic rings. The molecule has 2 heterocycles. The van der Waals surface area contributed by atoms with Gasteiger partial charge in [0.05, 0.1) is 6.33 Å². The maximum atomic E-state index is 4.51. The predicted octanol–water partition coefficient (Wildman–Crippen LogP) is 4.19. The van der Waals surface area contributed by atoms with E-state index in [0.717, 1.165) is 45.0 Å². The average molecular weight is 400 g/mol.